The van der Waals surface area contributed by atoms with E-state index in [1.54, 1.807) is 37.6 Å². The lowest BCUT2D eigenvalue weighted by molar-refractivity contribution is 0.0950. The number of hydrogen-bond acceptors (Lipinski definition) is 4. The van der Waals surface area contributed by atoms with E-state index >= 15 is 0 Å². The highest BCUT2D eigenvalue weighted by molar-refractivity contribution is 6.30. The summed E-state index contributed by atoms with van der Waals surface area (Å²) in [6.45, 7) is 2.43. The van der Waals surface area contributed by atoms with Crippen molar-refractivity contribution in [2.45, 2.75) is 13.5 Å². The highest BCUT2D eigenvalue weighted by atomic mass is 35.5. The zero-order valence-corrected chi connectivity index (χ0v) is 15.9. The first-order valence-electron chi connectivity index (χ1n) is 8.45. The van der Waals surface area contributed by atoms with Gasteiger partial charge in [-0.15, -0.1) is 0 Å². The molecule has 0 aliphatic carbocycles. The lowest BCUT2D eigenvalue weighted by Gasteiger charge is -2.12. The summed E-state index contributed by atoms with van der Waals surface area (Å²) in [7, 11) is 1.62. The Labute approximate surface area is 163 Å². The Hall–Kier alpha value is -3.05. The van der Waals surface area contributed by atoms with Gasteiger partial charge in [0.2, 0.25) is 0 Å². The number of carbonyl (C=O) groups is 1. The topological polar surface area (TPSA) is 63.2 Å². The molecular formula is C21H20ClN3O2. The average Bonchev–Trinajstić information content (AvgIpc) is 2.68. The molecule has 138 valence electrons. The van der Waals surface area contributed by atoms with Crippen LogP contribution < -0.4 is 15.4 Å². The molecule has 0 radical (unpaired) electrons. The molecule has 0 unspecified atom stereocenters. The van der Waals surface area contributed by atoms with Gasteiger partial charge >= 0.3 is 0 Å². The predicted octanol–water partition coefficient (Wildman–Crippen LogP) is 4.73. The lowest BCUT2D eigenvalue weighted by atomic mass is 10.2. The van der Waals surface area contributed by atoms with Crippen LogP contribution in [0, 0.1) is 6.92 Å². The van der Waals surface area contributed by atoms with Gasteiger partial charge in [0.05, 0.1) is 18.4 Å². The van der Waals surface area contributed by atoms with E-state index in [0.29, 0.717) is 22.9 Å². The second-order valence-corrected chi connectivity index (χ2v) is 6.51. The van der Waals surface area contributed by atoms with Crippen LogP contribution in [0.25, 0.3) is 0 Å². The first-order valence-corrected chi connectivity index (χ1v) is 8.83. The zero-order chi connectivity index (χ0) is 19.2. The fraction of sp³-hybridized carbons (Fsp3) is 0.143. The number of halogens is 1. The van der Waals surface area contributed by atoms with Crippen LogP contribution in [0.15, 0.2) is 60.8 Å². The molecule has 3 rings (SSSR count). The number of hydrogen-bond donors (Lipinski definition) is 2. The largest absolute Gasteiger partial charge is 0.495 e. The molecule has 0 aliphatic heterocycles. The van der Waals surface area contributed by atoms with Gasteiger partial charge in [-0.2, -0.15) is 0 Å². The molecule has 1 aromatic heterocycles. The predicted molar refractivity (Wildman–Crippen MR) is 108 cm³/mol. The number of pyridine rings is 1. The molecule has 0 saturated heterocycles. The van der Waals surface area contributed by atoms with E-state index in [1.165, 1.54) is 0 Å². The number of carbonyl (C=O) groups excluding carboxylic acids is 1. The molecule has 2 aromatic carbocycles. The van der Waals surface area contributed by atoms with Crippen LogP contribution in [-0.2, 0) is 6.54 Å². The van der Waals surface area contributed by atoms with Crippen molar-refractivity contribution in [1.29, 1.82) is 0 Å². The number of rotatable bonds is 6. The van der Waals surface area contributed by atoms with E-state index in [0.717, 1.165) is 22.6 Å². The van der Waals surface area contributed by atoms with Crippen molar-refractivity contribution < 1.29 is 9.53 Å². The first kappa shape index (κ1) is 18.7. The Bertz CT molecular complexity index is 925. The Kier molecular flexibility index (Phi) is 5.94. The second kappa shape index (κ2) is 8.56. The van der Waals surface area contributed by atoms with Gasteiger partial charge in [-0.3, -0.25) is 4.79 Å². The molecule has 0 fully saturated rings. The summed E-state index contributed by atoms with van der Waals surface area (Å²) in [5.74, 6) is 1.18. The van der Waals surface area contributed by atoms with Gasteiger partial charge in [0, 0.05) is 17.8 Å². The van der Waals surface area contributed by atoms with Gasteiger partial charge < -0.3 is 15.4 Å². The van der Waals surface area contributed by atoms with Crippen LogP contribution in [0.5, 0.6) is 5.75 Å². The minimum Gasteiger partial charge on any atom is -0.495 e. The van der Waals surface area contributed by atoms with Crippen LogP contribution in [0.1, 0.15) is 21.5 Å². The molecule has 2 N–H and O–H groups in total. The summed E-state index contributed by atoms with van der Waals surface area (Å²) >= 11 is 5.86. The number of anilines is 2. The van der Waals surface area contributed by atoms with Crippen LogP contribution in [-0.4, -0.2) is 18.0 Å². The monoisotopic (exact) mass is 381 g/mol. The van der Waals surface area contributed by atoms with Crippen molar-refractivity contribution in [2.24, 2.45) is 0 Å². The quantitative estimate of drug-likeness (QED) is 0.648. The molecule has 1 amide bonds. The molecule has 1 heterocycles. The summed E-state index contributed by atoms with van der Waals surface area (Å²) < 4.78 is 5.35. The van der Waals surface area contributed by atoms with Gasteiger partial charge in [-0.1, -0.05) is 29.8 Å². The van der Waals surface area contributed by atoms with Crippen LogP contribution in [0.4, 0.5) is 11.5 Å². The number of nitrogens with one attached hydrogen (secondary N) is 2. The summed E-state index contributed by atoms with van der Waals surface area (Å²) in [6.07, 6.45) is 1.54. The molecule has 3 aromatic rings. The van der Waals surface area contributed by atoms with Crippen LogP contribution >= 0.6 is 11.6 Å². The van der Waals surface area contributed by atoms with Crippen LogP contribution in [0.2, 0.25) is 5.02 Å². The first-order chi connectivity index (χ1) is 13.0. The molecule has 6 heteroatoms. The molecular weight excluding hydrogens is 362 g/mol. The maximum absolute atomic E-state index is 12.3. The van der Waals surface area contributed by atoms with Crippen molar-refractivity contribution in [3.05, 3.63) is 82.5 Å². The molecule has 0 bridgehead atoms. The van der Waals surface area contributed by atoms with Gasteiger partial charge in [0.1, 0.15) is 11.6 Å². The highest BCUT2D eigenvalue weighted by Crippen LogP contribution is 2.27. The number of methoxy groups -OCH3 is 1. The maximum Gasteiger partial charge on any atom is 0.253 e. The number of benzene rings is 2. The Morgan fingerprint density at radius 2 is 1.89 bits per heavy atom. The summed E-state index contributed by atoms with van der Waals surface area (Å²) in [5.41, 5.74) is 3.40. The maximum atomic E-state index is 12.3. The Morgan fingerprint density at radius 1 is 1.11 bits per heavy atom. The van der Waals surface area contributed by atoms with Crippen molar-refractivity contribution in [3.8, 4) is 5.75 Å². The van der Waals surface area contributed by atoms with Gasteiger partial charge in [0.15, 0.2) is 0 Å². The number of nitrogens with zero attached hydrogens (tertiary/aromatic N) is 1. The van der Waals surface area contributed by atoms with Crippen molar-refractivity contribution in [3.63, 3.8) is 0 Å². The van der Waals surface area contributed by atoms with E-state index in [4.69, 9.17) is 16.3 Å². The van der Waals surface area contributed by atoms with Crippen molar-refractivity contribution >= 4 is 29.0 Å². The standard InChI is InChI=1S/C21H20ClN3O2/c1-14-3-9-19(27-2)18(11-14)25-20-10-6-16(13-23-20)21(26)24-12-15-4-7-17(22)8-5-15/h3-11,13H,12H2,1-2H3,(H,23,25)(H,24,26). The summed E-state index contributed by atoms with van der Waals surface area (Å²) in [6, 6.07) is 16.7. The third kappa shape index (κ3) is 4.99. The lowest BCUT2D eigenvalue weighted by Crippen LogP contribution is -2.22. The smallest absolute Gasteiger partial charge is 0.253 e. The fourth-order valence-electron chi connectivity index (χ4n) is 2.55. The van der Waals surface area contributed by atoms with E-state index < -0.39 is 0 Å². The number of amides is 1. The molecule has 0 atom stereocenters. The van der Waals surface area contributed by atoms with Gasteiger partial charge in [-0.25, -0.2) is 4.98 Å². The normalized spacial score (nSPS) is 10.3. The molecule has 5 nitrogen and oxygen atoms in total. The fourth-order valence-corrected chi connectivity index (χ4v) is 2.67. The molecule has 0 spiro atoms. The highest BCUT2D eigenvalue weighted by Gasteiger charge is 2.08. The van der Waals surface area contributed by atoms with Crippen LogP contribution in [0.3, 0.4) is 0 Å². The Morgan fingerprint density at radius 3 is 2.56 bits per heavy atom. The molecule has 0 aliphatic rings. The van der Waals surface area contributed by atoms with Crippen molar-refractivity contribution in [1.82, 2.24) is 10.3 Å². The van der Waals surface area contributed by atoms with Gasteiger partial charge in [-0.05, 0) is 54.4 Å². The van der Waals surface area contributed by atoms with E-state index in [9.17, 15) is 4.79 Å². The number of aryl methyl sites for hydroxylation is 1. The average molecular weight is 382 g/mol. The molecule has 0 saturated carbocycles. The summed E-state index contributed by atoms with van der Waals surface area (Å²) in [5, 5.41) is 6.75. The van der Waals surface area contributed by atoms with E-state index in [-0.39, 0.29) is 5.91 Å². The SMILES string of the molecule is COc1ccc(C)cc1Nc1ccc(C(=O)NCc2ccc(Cl)cc2)cn1. The number of aromatic nitrogens is 1. The van der Waals surface area contributed by atoms with E-state index in [2.05, 4.69) is 15.6 Å². The minimum atomic E-state index is -0.183. The zero-order valence-electron chi connectivity index (χ0n) is 15.1. The Balaban J connectivity index is 1.63. The summed E-state index contributed by atoms with van der Waals surface area (Å²) in [4.78, 5) is 16.6. The molecule has 27 heavy (non-hydrogen) atoms. The second-order valence-electron chi connectivity index (χ2n) is 6.07. The third-order valence-corrected chi connectivity index (χ3v) is 4.26. The third-order valence-electron chi connectivity index (χ3n) is 4.01. The van der Waals surface area contributed by atoms with Crippen molar-refractivity contribution in [2.75, 3.05) is 12.4 Å². The van der Waals surface area contributed by atoms with Gasteiger partial charge in [0.25, 0.3) is 5.91 Å². The minimum absolute atomic E-state index is 0.183. The van der Waals surface area contributed by atoms with E-state index in [1.807, 2.05) is 37.3 Å². The number of ether oxygens (including phenoxy) is 1.